The molecule has 0 amide bonds. The molecular formula is C21H24N6O4S. The number of aryl methyl sites for hydroxylation is 2. The molecule has 0 radical (unpaired) electrons. The zero-order valence-corrected chi connectivity index (χ0v) is 19.1. The second kappa shape index (κ2) is 6.89. The molecule has 2 aliphatic rings. The van der Waals surface area contributed by atoms with Crippen LogP contribution < -0.4 is 16.3 Å². The van der Waals surface area contributed by atoms with Crippen molar-refractivity contribution in [3.8, 4) is 0 Å². The minimum absolute atomic E-state index is 0.0355. The van der Waals surface area contributed by atoms with Gasteiger partial charge in [0.25, 0.3) is 5.56 Å². The number of aromatic nitrogens is 4. The lowest BCUT2D eigenvalue weighted by Crippen LogP contribution is -2.41. The van der Waals surface area contributed by atoms with Gasteiger partial charge < -0.3 is 0 Å². The average Bonchev–Trinajstić information content (AvgIpc) is 3.33. The lowest BCUT2D eigenvalue weighted by Gasteiger charge is -2.33. The summed E-state index contributed by atoms with van der Waals surface area (Å²) < 4.78 is 28.6. The van der Waals surface area contributed by atoms with E-state index >= 15 is 0 Å². The summed E-state index contributed by atoms with van der Waals surface area (Å²) >= 11 is 0. The molecule has 32 heavy (non-hydrogen) atoms. The Morgan fingerprint density at radius 1 is 1.06 bits per heavy atom. The van der Waals surface area contributed by atoms with Crippen LogP contribution in [0.15, 0.2) is 39.0 Å². The molecule has 0 unspecified atom stereocenters. The molecule has 0 saturated carbocycles. The molecule has 4 heterocycles. The quantitative estimate of drug-likeness (QED) is 0.562. The van der Waals surface area contributed by atoms with Crippen LogP contribution >= 0.6 is 0 Å². The van der Waals surface area contributed by atoms with Gasteiger partial charge in [-0.15, -0.1) is 0 Å². The molecular weight excluding hydrogens is 432 g/mol. The lowest BCUT2D eigenvalue weighted by molar-refractivity contribution is 0.578. The van der Waals surface area contributed by atoms with Crippen molar-refractivity contribution < 1.29 is 8.42 Å². The number of fused-ring (bicyclic) bond motifs is 3. The van der Waals surface area contributed by atoms with Crippen LogP contribution in [0, 0.1) is 6.92 Å². The molecule has 0 N–H and O–H groups in total. The highest BCUT2D eigenvalue weighted by Crippen LogP contribution is 2.35. The largest absolute Gasteiger partial charge is 0.332 e. The lowest BCUT2D eigenvalue weighted by atomic mass is 10.0. The Morgan fingerprint density at radius 2 is 1.75 bits per heavy atom. The summed E-state index contributed by atoms with van der Waals surface area (Å²) in [6.07, 6.45) is 0.418. The van der Waals surface area contributed by atoms with Crippen LogP contribution in [-0.4, -0.2) is 50.4 Å². The van der Waals surface area contributed by atoms with E-state index in [1.54, 1.807) is 16.6 Å². The Labute approximate surface area is 184 Å². The number of rotatable bonds is 2. The van der Waals surface area contributed by atoms with Gasteiger partial charge in [-0.3, -0.25) is 18.5 Å². The Hall–Kier alpha value is -3.21. The molecule has 168 valence electrons. The van der Waals surface area contributed by atoms with Crippen molar-refractivity contribution in [2.75, 3.05) is 16.5 Å². The van der Waals surface area contributed by atoms with Crippen molar-refractivity contribution in [2.45, 2.75) is 32.4 Å². The molecule has 1 fully saturated rings. The first-order valence-corrected chi connectivity index (χ1v) is 12.2. The average molecular weight is 457 g/mol. The summed E-state index contributed by atoms with van der Waals surface area (Å²) in [4.78, 5) is 30.2. The van der Waals surface area contributed by atoms with E-state index in [-0.39, 0.29) is 23.2 Å². The van der Waals surface area contributed by atoms with E-state index in [0.717, 1.165) is 15.7 Å². The van der Waals surface area contributed by atoms with Gasteiger partial charge in [0.05, 0.1) is 29.3 Å². The van der Waals surface area contributed by atoms with Gasteiger partial charge in [-0.25, -0.2) is 18.2 Å². The van der Waals surface area contributed by atoms with E-state index < -0.39 is 27.1 Å². The van der Waals surface area contributed by atoms with E-state index in [1.165, 1.54) is 11.6 Å². The molecule has 3 aromatic rings. The van der Waals surface area contributed by atoms with Crippen molar-refractivity contribution in [3.05, 3.63) is 56.2 Å². The fourth-order valence-corrected chi connectivity index (χ4v) is 6.23. The number of benzene rings is 1. The summed E-state index contributed by atoms with van der Waals surface area (Å²) in [6, 6.07) is 7.15. The molecule has 2 atom stereocenters. The van der Waals surface area contributed by atoms with E-state index in [9.17, 15) is 18.0 Å². The predicted octanol–water partition coefficient (Wildman–Crippen LogP) is 0.715. The van der Waals surface area contributed by atoms with Gasteiger partial charge in [-0.1, -0.05) is 29.8 Å². The van der Waals surface area contributed by atoms with Crippen LogP contribution in [-0.2, 0) is 23.9 Å². The number of hydrazone groups is 1. The van der Waals surface area contributed by atoms with Gasteiger partial charge in [-0.2, -0.15) is 10.1 Å². The van der Waals surface area contributed by atoms with Crippen LogP contribution in [0.3, 0.4) is 0 Å². The SMILES string of the molecule is Cc1ccc(C2=NN([C@@H]3CCS(=O)(=O)C3)c3nc4c(c(=O)n(C)c(=O)n4C)n3[C@H]2C)cc1. The molecule has 0 aliphatic carbocycles. The third kappa shape index (κ3) is 2.94. The maximum atomic E-state index is 13.1. The van der Waals surface area contributed by atoms with Crippen LogP contribution in [0.5, 0.6) is 0 Å². The van der Waals surface area contributed by atoms with E-state index in [4.69, 9.17) is 5.10 Å². The van der Waals surface area contributed by atoms with Crippen molar-refractivity contribution in [3.63, 3.8) is 0 Å². The van der Waals surface area contributed by atoms with Crippen LogP contribution in [0.1, 0.15) is 30.5 Å². The van der Waals surface area contributed by atoms with Crippen LogP contribution in [0.4, 0.5) is 5.95 Å². The topological polar surface area (TPSA) is 112 Å². The summed E-state index contributed by atoms with van der Waals surface area (Å²) in [5, 5.41) is 6.49. The Morgan fingerprint density at radius 3 is 2.38 bits per heavy atom. The van der Waals surface area contributed by atoms with Crippen molar-refractivity contribution in [1.82, 2.24) is 18.7 Å². The van der Waals surface area contributed by atoms with Gasteiger partial charge in [0.15, 0.2) is 21.0 Å². The first-order chi connectivity index (χ1) is 15.1. The third-order valence-electron chi connectivity index (χ3n) is 6.38. The van der Waals surface area contributed by atoms with Gasteiger partial charge in [0, 0.05) is 14.1 Å². The zero-order valence-electron chi connectivity index (χ0n) is 18.3. The monoisotopic (exact) mass is 456 g/mol. The third-order valence-corrected chi connectivity index (χ3v) is 8.13. The molecule has 2 aromatic heterocycles. The molecule has 0 bridgehead atoms. The summed E-state index contributed by atoms with van der Waals surface area (Å²) in [5.41, 5.74) is 2.32. The summed E-state index contributed by atoms with van der Waals surface area (Å²) in [6.45, 7) is 3.92. The second-order valence-electron chi connectivity index (χ2n) is 8.59. The van der Waals surface area contributed by atoms with Crippen LogP contribution in [0.25, 0.3) is 11.2 Å². The standard InChI is InChI=1S/C21H24N6O4S/c1-12-5-7-14(8-6-12)16-13(2)26-17-18(24(3)21(29)25(4)19(17)28)22-20(26)27(23-16)15-9-10-32(30,31)11-15/h5-8,13,15H,9-11H2,1-4H3/t13-,15+/m0/s1. The van der Waals surface area contributed by atoms with Gasteiger partial charge >= 0.3 is 5.69 Å². The molecule has 11 heteroatoms. The minimum Gasteiger partial charge on any atom is -0.294 e. The number of anilines is 1. The fraction of sp³-hybridized carbons (Fsp3) is 0.429. The number of imidazole rings is 1. The highest BCUT2D eigenvalue weighted by molar-refractivity contribution is 7.91. The number of sulfone groups is 1. The normalized spacial score (nSPS) is 22.2. The molecule has 2 aliphatic heterocycles. The molecule has 1 saturated heterocycles. The Kier molecular flexibility index (Phi) is 4.45. The van der Waals surface area contributed by atoms with Gasteiger partial charge in [0.1, 0.15) is 0 Å². The van der Waals surface area contributed by atoms with E-state index in [0.29, 0.717) is 23.6 Å². The number of hydrogen-bond donors (Lipinski definition) is 0. The predicted molar refractivity (Wildman–Crippen MR) is 122 cm³/mol. The van der Waals surface area contributed by atoms with Gasteiger partial charge in [0.2, 0.25) is 5.95 Å². The second-order valence-corrected chi connectivity index (χ2v) is 10.8. The smallest absolute Gasteiger partial charge is 0.294 e. The first-order valence-electron chi connectivity index (χ1n) is 10.4. The maximum Gasteiger partial charge on any atom is 0.332 e. The highest BCUT2D eigenvalue weighted by Gasteiger charge is 2.39. The number of nitrogens with zero attached hydrogens (tertiary/aromatic N) is 6. The Balaban J connectivity index is 1.81. The molecule has 1 aromatic carbocycles. The summed E-state index contributed by atoms with van der Waals surface area (Å²) in [7, 11) is -0.170. The van der Waals surface area contributed by atoms with Crippen LogP contribution in [0.2, 0.25) is 0 Å². The molecule has 0 spiro atoms. The van der Waals surface area contributed by atoms with E-state index in [2.05, 4.69) is 4.98 Å². The highest BCUT2D eigenvalue weighted by atomic mass is 32.2. The minimum atomic E-state index is -3.18. The van der Waals surface area contributed by atoms with Crippen molar-refractivity contribution in [2.24, 2.45) is 19.2 Å². The molecule has 5 rings (SSSR count). The summed E-state index contributed by atoms with van der Waals surface area (Å²) in [5.74, 6) is 0.426. The molecule has 10 nitrogen and oxygen atoms in total. The van der Waals surface area contributed by atoms with Crippen molar-refractivity contribution >= 4 is 32.7 Å². The number of hydrogen-bond acceptors (Lipinski definition) is 7. The first kappa shape index (κ1) is 20.7. The zero-order chi connectivity index (χ0) is 22.9. The maximum absolute atomic E-state index is 13.1. The van der Waals surface area contributed by atoms with Crippen molar-refractivity contribution in [1.29, 1.82) is 0 Å². The van der Waals surface area contributed by atoms with E-state index in [1.807, 2.05) is 38.1 Å². The fourth-order valence-electron chi connectivity index (χ4n) is 4.53. The Bertz CT molecular complexity index is 1510. The van der Waals surface area contributed by atoms with Gasteiger partial charge in [-0.05, 0) is 25.8 Å².